The molecule has 9 atom stereocenters. The van der Waals surface area contributed by atoms with Crippen LogP contribution in [0.4, 0.5) is 8.78 Å². The van der Waals surface area contributed by atoms with Crippen molar-refractivity contribution in [1.29, 1.82) is 0 Å². The molecule has 2 aliphatic rings. The Morgan fingerprint density at radius 2 is 1.76 bits per heavy atom. The lowest BCUT2D eigenvalue weighted by Crippen LogP contribution is -2.64. The molecule has 1 aliphatic carbocycles. The third-order valence-corrected chi connectivity index (χ3v) is 4.95. The van der Waals surface area contributed by atoms with Crippen molar-refractivity contribution in [1.82, 2.24) is 0 Å². The van der Waals surface area contributed by atoms with Gasteiger partial charge in [0.15, 0.2) is 12.3 Å². The zero-order valence-corrected chi connectivity index (χ0v) is 15.0. The van der Waals surface area contributed by atoms with Crippen molar-refractivity contribution in [3.63, 3.8) is 0 Å². The van der Waals surface area contributed by atoms with E-state index in [1.165, 1.54) is 0 Å². The molecule has 0 aromatic carbocycles. The van der Waals surface area contributed by atoms with Gasteiger partial charge in [0.25, 0.3) is 5.92 Å². The van der Waals surface area contributed by atoms with Crippen LogP contribution in [0.5, 0.6) is 0 Å². The van der Waals surface area contributed by atoms with E-state index in [2.05, 4.69) is 30.1 Å². The second kappa shape index (κ2) is 9.39. The standard InChI is InChI=1S/C13H19F2N9O5/c1-4-2-5(20-23-17)7(25)8(26)9(4)29-12-10(21-24-18)13(14,15)11(27)6(28-12)3-19-22-16/h4-12,25-27H,2-3H2,1H3/t4-,5?,6+,7-,8+,9+,10?,11+,12+/m0/s1. The third kappa shape index (κ3) is 4.61. The molecule has 0 aromatic rings. The van der Waals surface area contributed by atoms with E-state index in [1.54, 1.807) is 6.92 Å². The lowest BCUT2D eigenvalue weighted by Gasteiger charge is -2.46. The van der Waals surface area contributed by atoms with Gasteiger partial charge < -0.3 is 24.8 Å². The molecule has 29 heavy (non-hydrogen) atoms. The summed E-state index contributed by atoms with van der Waals surface area (Å²) < 4.78 is 39.9. The average Bonchev–Trinajstić information content (AvgIpc) is 2.67. The molecule has 160 valence electrons. The van der Waals surface area contributed by atoms with E-state index in [0.29, 0.717) is 0 Å². The molecule has 1 saturated heterocycles. The smallest absolute Gasteiger partial charge is 0.289 e. The fourth-order valence-electron chi connectivity index (χ4n) is 3.44. The Morgan fingerprint density at radius 3 is 2.34 bits per heavy atom. The van der Waals surface area contributed by atoms with Crippen molar-refractivity contribution in [2.75, 3.05) is 6.54 Å². The summed E-state index contributed by atoms with van der Waals surface area (Å²) in [4.78, 5) is 7.34. The van der Waals surface area contributed by atoms with Crippen molar-refractivity contribution in [2.24, 2.45) is 21.3 Å². The molecule has 0 amide bonds. The van der Waals surface area contributed by atoms with E-state index in [0.717, 1.165) is 0 Å². The summed E-state index contributed by atoms with van der Waals surface area (Å²) in [6, 6.07) is -3.25. The zero-order chi connectivity index (χ0) is 21.8. The molecule has 2 rings (SSSR count). The maximum atomic E-state index is 14.6. The topological polar surface area (TPSA) is 225 Å². The zero-order valence-electron chi connectivity index (χ0n) is 15.0. The molecule has 16 heteroatoms. The van der Waals surface area contributed by atoms with Gasteiger partial charge in [0, 0.05) is 14.7 Å². The molecule has 0 aromatic heterocycles. The quantitative estimate of drug-likeness (QED) is 0.329. The normalized spacial score (nSPS) is 41.4. The summed E-state index contributed by atoms with van der Waals surface area (Å²) in [5.74, 6) is -4.57. The van der Waals surface area contributed by atoms with E-state index in [4.69, 9.17) is 26.1 Å². The number of halogens is 2. The predicted octanol–water partition coefficient (Wildman–Crippen LogP) is 1.52. The van der Waals surface area contributed by atoms with Crippen molar-refractivity contribution in [3.05, 3.63) is 31.3 Å². The fraction of sp³-hybridized carbons (Fsp3) is 1.00. The van der Waals surface area contributed by atoms with Gasteiger partial charge in [-0.25, -0.2) is 8.78 Å². The Morgan fingerprint density at radius 1 is 1.10 bits per heavy atom. The highest BCUT2D eigenvalue weighted by Crippen LogP contribution is 2.40. The minimum atomic E-state index is -4.00. The van der Waals surface area contributed by atoms with Crippen LogP contribution in [-0.4, -0.2) is 76.7 Å². The predicted molar refractivity (Wildman–Crippen MR) is 90.2 cm³/mol. The number of nitrogens with zero attached hydrogens (tertiary/aromatic N) is 9. The number of aliphatic hydroxyl groups is 3. The molecular formula is C13H19F2N9O5. The lowest BCUT2D eigenvalue weighted by atomic mass is 9.80. The van der Waals surface area contributed by atoms with Crippen molar-refractivity contribution < 1.29 is 33.6 Å². The maximum absolute atomic E-state index is 14.6. The number of alkyl halides is 2. The average molecular weight is 419 g/mol. The molecule has 14 nitrogen and oxygen atoms in total. The molecule has 1 heterocycles. The van der Waals surface area contributed by atoms with Crippen LogP contribution >= 0.6 is 0 Å². The summed E-state index contributed by atoms with van der Waals surface area (Å²) in [7, 11) is 0. The summed E-state index contributed by atoms with van der Waals surface area (Å²) in [6.07, 6.45) is -10.4. The first-order valence-electron chi connectivity index (χ1n) is 8.51. The van der Waals surface area contributed by atoms with Crippen LogP contribution < -0.4 is 0 Å². The van der Waals surface area contributed by atoms with Gasteiger partial charge >= 0.3 is 0 Å². The highest BCUT2D eigenvalue weighted by Gasteiger charge is 2.59. The molecule has 2 fully saturated rings. The summed E-state index contributed by atoms with van der Waals surface area (Å²) in [5, 5.41) is 39.7. The van der Waals surface area contributed by atoms with Gasteiger partial charge in [-0.1, -0.05) is 22.3 Å². The monoisotopic (exact) mass is 419 g/mol. The molecule has 3 N–H and O–H groups in total. The molecule has 0 radical (unpaired) electrons. The number of hydrogen-bond donors (Lipinski definition) is 3. The Bertz CT molecular complexity index is 740. The van der Waals surface area contributed by atoms with Gasteiger partial charge in [0.05, 0.1) is 30.9 Å². The van der Waals surface area contributed by atoms with Crippen molar-refractivity contribution in [3.8, 4) is 0 Å². The van der Waals surface area contributed by atoms with Gasteiger partial charge in [-0.15, -0.1) is 0 Å². The number of aliphatic hydroxyl groups excluding tert-OH is 3. The van der Waals surface area contributed by atoms with Crippen LogP contribution in [-0.2, 0) is 9.47 Å². The molecule has 0 spiro atoms. The largest absolute Gasteiger partial charge is 0.390 e. The maximum Gasteiger partial charge on any atom is 0.289 e. The third-order valence-electron chi connectivity index (χ3n) is 4.95. The fourth-order valence-corrected chi connectivity index (χ4v) is 3.44. The van der Waals surface area contributed by atoms with E-state index in [-0.39, 0.29) is 6.42 Å². The minimum Gasteiger partial charge on any atom is -0.390 e. The molecule has 1 aliphatic heterocycles. The van der Waals surface area contributed by atoms with E-state index in [1.807, 2.05) is 0 Å². The molecule has 0 bridgehead atoms. The number of azide groups is 3. The van der Waals surface area contributed by atoms with E-state index in [9.17, 15) is 24.1 Å². The summed E-state index contributed by atoms with van der Waals surface area (Å²) in [6.45, 7) is 0.913. The van der Waals surface area contributed by atoms with Crippen LogP contribution in [0.3, 0.4) is 0 Å². The summed E-state index contributed by atoms with van der Waals surface area (Å²) in [5.41, 5.74) is 25.6. The van der Waals surface area contributed by atoms with E-state index >= 15 is 0 Å². The van der Waals surface area contributed by atoms with Gasteiger partial charge in [-0.2, -0.15) is 0 Å². The highest BCUT2D eigenvalue weighted by atomic mass is 19.3. The van der Waals surface area contributed by atoms with Gasteiger partial charge in [0.1, 0.15) is 12.2 Å². The second-order valence-corrected chi connectivity index (χ2v) is 6.79. The molecule has 1 saturated carbocycles. The van der Waals surface area contributed by atoms with Gasteiger partial charge in [-0.05, 0) is 28.9 Å². The number of rotatable bonds is 6. The Kier molecular flexibility index (Phi) is 7.41. The number of hydrogen-bond acceptors (Lipinski definition) is 8. The Balaban J connectivity index is 2.30. The van der Waals surface area contributed by atoms with Gasteiger partial charge in [0.2, 0.25) is 0 Å². The van der Waals surface area contributed by atoms with Crippen LogP contribution in [0.25, 0.3) is 31.3 Å². The van der Waals surface area contributed by atoms with Crippen LogP contribution in [0, 0.1) is 5.92 Å². The molecular weight excluding hydrogens is 400 g/mol. The Labute approximate surface area is 161 Å². The van der Waals surface area contributed by atoms with E-state index < -0.39 is 67.3 Å². The van der Waals surface area contributed by atoms with Gasteiger partial charge in [-0.3, -0.25) is 0 Å². The Hall–Kier alpha value is -2.41. The lowest BCUT2D eigenvalue weighted by molar-refractivity contribution is -0.323. The number of ether oxygens (including phenoxy) is 2. The summed E-state index contributed by atoms with van der Waals surface area (Å²) >= 11 is 0. The van der Waals surface area contributed by atoms with Crippen LogP contribution in [0.1, 0.15) is 13.3 Å². The first-order valence-corrected chi connectivity index (χ1v) is 8.51. The van der Waals surface area contributed by atoms with Crippen LogP contribution in [0.15, 0.2) is 15.3 Å². The second-order valence-electron chi connectivity index (χ2n) is 6.79. The SMILES string of the molecule is C[C@H]1CC(N=[N+]=[N-])[C@H](O)[C@@H](O)[C@@H]1O[C@H]1O[C@H](CN=[N+]=[N-])[C@@H](O)C(F)(F)C1N=[N+]=[N-]. The first-order chi connectivity index (χ1) is 13.7. The highest BCUT2D eigenvalue weighted by molar-refractivity contribution is 5.02. The van der Waals surface area contributed by atoms with Crippen LogP contribution in [0.2, 0.25) is 0 Å². The minimum absolute atomic E-state index is 0.0764. The van der Waals surface area contributed by atoms with Crippen molar-refractivity contribution >= 4 is 0 Å². The van der Waals surface area contributed by atoms with Crippen molar-refractivity contribution in [2.45, 2.75) is 68.2 Å². The first kappa shape index (κ1) is 22.9. The molecule has 2 unspecified atom stereocenters.